The van der Waals surface area contributed by atoms with E-state index in [0.717, 1.165) is 6.07 Å². The van der Waals surface area contributed by atoms with E-state index in [1.54, 1.807) is 38.1 Å². The number of hydrogen-bond donors (Lipinski definition) is 2. The highest BCUT2D eigenvalue weighted by Crippen LogP contribution is 2.31. The van der Waals surface area contributed by atoms with Gasteiger partial charge < -0.3 is 14.5 Å². The number of benzene rings is 2. The molecule has 38 heavy (non-hydrogen) atoms. The summed E-state index contributed by atoms with van der Waals surface area (Å²) in [6.07, 6.45) is 1.76. The lowest BCUT2D eigenvalue weighted by Gasteiger charge is -2.13. The number of halogens is 1. The predicted molar refractivity (Wildman–Crippen MR) is 139 cm³/mol. The second-order valence-electron chi connectivity index (χ2n) is 8.35. The Morgan fingerprint density at radius 1 is 1.16 bits per heavy atom. The van der Waals surface area contributed by atoms with Crippen LogP contribution in [0, 0.1) is 17.0 Å². The van der Waals surface area contributed by atoms with Crippen molar-refractivity contribution in [3.8, 4) is 0 Å². The molecule has 0 atom stereocenters. The van der Waals surface area contributed by atoms with Crippen LogP contribution in [0.1, 0.15) is 67.9 Å². The number of anilines is 1. The molecule has 196 valence electrons. The van der Waals surface area contributed by atoms with Crippen LogP contribution in [0.4, 0.5) is 11.4 Å². The molecule has 12 heteroatoms. The van der Waals surface area contributed by atoms with E-state index >= 15 is 0 Å². The van der Waals surface area contributed by atoms with Crippen LogP contribution >= 0.6 is 11.6 Å². The number of carbonyl (C=O) groups is 3. The largest absolute Gasteiger partial charge is 0.462 e. The van der Waals surface area contributed by atoms with Gasteiger partial charge in [-0.2, -0.15) is 5.10 Å². The Labute approximate surface area is 222 Å². The molecule has 0 unspecified atom stereocenters. The number of nitrogens with zero attached hydrogens (tertiary/aromatic N) is 2. The molecule has 2 amide bonds. The minimum atomic E-state index is -0.676. The van der Waals surface area contributed by atoms with Gasteiger partial charge in [-0.05, 0) is 51.0 Å². The van der Waals surface area contributed by atoms with Gasteiger partial charge in [0.15, 0.2) is 5.76 Å². The molecule has 3 aromatic rings. The first-order chi connectivity index (χ1) is 18.2. The molecule has 1 aromatic heterocycles. The van der Waals surface area contributed by atoms with Crippen molar-refractivity contribution < 1.29 is 28.5 Å². The predicted octanol–water partition coefficient (Wildman–Crippen LogP) is 5.05. The molecule has 0 aliphatic heterocycles. The summed E-state index contributed by atoms with van der Waals surface area (Å²) < 4.78 is 10.9. The summed E-state index contributed by atoms with van der Waals surface area (Å²) in [6.45, 7) is 3.59. The minimum Gasteiger partial charge on any atom is -0.462 e. The number of para-hydroxylation sites is 1. The Morgan fingerprint density at radius 3 is 2.66 bits per heavy atom. The summed E-state index contributed by atoms with van der Waals surface area (Å²) in [7, 11) is 0. The van der Waals surface area contributed by atoms with E-state index in [1.807, 2.05) is 0 Å². The van der Waals surface area contributed by atoms with Crippen LogP contribution in [0.2, 0.25) is 5.02 Å². The van der Waals surface area contributed by atoms with Gasteiger partial charge in [-0.25, -0.2) is 10.2 Å². The number of amides is 2. The summed E-state index contributed by atoms with van der Waals surface area (Å²) in [5, 5.41) is 18.0. The summed E-state index contributed by atoms with van der Waals surface area (Å²) in [5.74, 6) is -1.16. The van der Waals surface area contributed by atoms with Gasteiger partial charge in [-0.1, -0.05) is 23.7 Å². The highest BCUT2D eigenvalue weighted by Gasteiger charge is 2.29. The third kappa shape index (κ3) is 5.42. The molecule has 0 saturated carbocycles. The van der Waals surface area contributed by atoms with Crippen molar-refractivity contribution in [3.63, 3.8) is 0 Å². The molecule has 0 spiro atoms. The van der Waals surface area contributed by atoms with Gasteiger partial charge >= 0.3 is 5.97 Å². The molecule has 11 nitrogen and oxygen atoms in total. The molecular weight excluding hydrogens is 516 g/mol. The first-order valence-corrected chi connectivity index (χ1v) is 12.1. The van der Waals surface area contributed by atoms with Crippen molar-refractivity contribution >= 4 is 46.5 Å². The second-order valence-corrected chi connectivity index (χ2v) is 8.76. The highest BCUT2D eigenvalue weighted by atomic mass is 35.5. The van der Waals surface area contributed by atoms with E-state index < -0.39 is 28.4 Å². The highest BCUT2D eigenvalue weighted by molar-refractivity contribution is 6.32. The summed E-state index contributed by atoms with van der Waals surface area (Å²) in [5.41, 5.74) is 4.19. The van der Waals surface area contributed by atoms with Crippen molar-refractivity contribution in [3.05, 3.63) is 91.4 Å². The number of carbonyl (C=O) groups excluding carboxylic acids is 3. The van der Waals surface area contributed by atoms with Crippen LogP contribution in [-0.2, 0) is 11.2 Å². The molecule has 0 bridgehead atoms. The van der Waals surface area contributed by atoms with Crippen molar-refractivity contribution in [2.75, 3.05) is 11.9 Å². The van der Waals surface area contributed by atoms with Crippen LogP contribution in [0.25, 0.3) is 0 Å². The molecule has 0 fully saturated rings. The van der Waals surface area contributed by atoms with Gasteiger partial charge in [0.25, 0.3) is 17.5 Å². The Hall–Kier alpha value is -4.51. The summed E-state index contributed by atoms with van der Waals surface area (Å²) in [4.78, 5) is 48.5. The minimum absolute atomic E-state index is 0.0192. The molecule has 2 aromatic carbocycles. The van der Waals surface area contributed by atoms with Gasteiger partial charge in [0.1, 0.15) is 10.8 Å². The number of furan rings is 1. The van der Waals surface area contributed by atoms with E-state index in [4.69, 9.17) is 20.8 Å². The monoisotopic (exact) mass is 538 g/mol. The molecular formula is C26H23ClN4O7. The van der Waals surface area contributed by atoms with Crippen molar-refractivity contribution in [2.45, 2.75) is 33.1 Å². The average molecular weight is 539 g/mol. The number of rotatable bonds is 7. The Kier molecular flexibility index (Phi) is 7.87. The zero-order valence-electron chi connectivity index (χ0n) is 20.5. The van der Waals surface area contributed by atoms with E-state index in [1.165, 1.54) is 12.1 Å². The van der Waals surface area contributed by atoms with Crippen molar-refractivity contribution in [1.29, 1.82) is 0 Å². The number of fused-ring (bicyclic) bond motifs is 1. The molecule has 1 heterocycles. The number of ether oxygens (including phenoxy) is 1. The Bertz CT molecular complexity index is 1480. The van der Waals surface area contributed by atoms with Gasteiger partial charge in [-0.15, -0.1) is 0 Å². The maximum absolute atomic E-state index is 13.1. The number of aryl methyl sites for hydroxylation is 1. The smallest absolute Gasteiger partial charge is 0.340 e. The fourth-order valence-electron chi connectivity index (χ4n) is 4.13. The average Bonchev–Trinajstić information content (AvgIpc) is 3.25. The lowest BCUT2D eigenvalue weighted by Crippen LogP contribution is -2.22. The van der Waals surface area contributed by atoms with E-state index in [2.05, 4.69) is 15.8 Å². The molecule has 0 radical (unpaired) electrons. The van der Waals surface area contributed by atoms with Crippen LogP contribution in [0.15, 0.2) is 52.0 Å². The lowest BCUT2D eigenvalue weighted by atomic mass is 9.93. The number of hydrazone groups is 1. The zero-order chi connectivity index (χ0) is 27.4. The van der Waals surface area contributed by atoms with Gasteiger partial charge in [0.2, 0.25) is 0 Å². The Balaban J connectivity index is 1.57. The van der Waals surface area contributed by atoms with Crippen molar-refractivity contribution in [2.24, 2.45) is 5.10 Å². The standard InChI is InChI=1S/C26H23ClN4O7/c1-3-37-26(34)16-7-4-5-8-18(16)28-25(33)23-14(2)22-19(9-6-10-21(22)38-23)29-30-24(32)15-11-12-17(27)20(13-15)31(35)36/h4-5,7-8,11-13H,3,6,9-10H2,1-2H3,(H,28,33)(H,30,32)/b29-19+. The maximum atomic E-state index is 13.1. The summed E-state index contributed by atoms with van der Waals surface area (Å²) in [6, 6.07) is 10.2. The zero-order valence-corrected chi connectivity index (χ0v) is 21.3. The first kappa shape index (κ1) is 26.6. The number of esters is 1. The molecule has 1 aliphatic carbocycles. The van der Waals surface area contributed by atoms with Gasteiger partial charge in [0.05, 0.1) is 28.5 Å². The summed E-state index contributed by atoms with van der Waals surface area (Å²) >= 11 is 5.82. The third-order valence-electron chi connectivity index (χ3n) is 5.90. The number of nitro benzene ring substituents is 1. The topological polar surface area (TPSA) is 153 Å². The first-order valence-electron chi connectivity index (χ1n) is 11.7. The number of nitrogens with one attached hydrogen (secondary N) is 2. The van der Waals surface area contributed by atoms with Crippen molar-refractivity contribution in [1.82, 2.24) is 5.43 Å². The molecule has 2 N–H and O–H groups in total. The van der Waals surface area contributed by atoms with Gasteiger partial charge in [0, 0.05) is 29.2 Å². The van der Waals surface area contributed by atoms with E-state index in [-0.39, 0.29) is 34.2 Å². The molecule has 1 aliphatic rings. The Morgan fingerprint density at radius 2 is 1.92 bits per heavy atom. The second kappa shape index (κ2) is 11.3. The van der Waals surface area contributed by atoms with E-state index in [0.29, 0.717) is 41.9 Å². The molecule has 4 rings (SSSR count). The van der Waals surface area contributed by atoms with Crippen LogP contribution in [0.5, 0.6) is 0 Å². The molecule has 0 saturated heterocycles. The van der Waals surface area contributed by atoms with Crippen LogP contribution in [-0.4, -0.2) is 35.0 Å². The number of nitro groups is 1. The quantitative estimate of drug-likeness (QED) is 0.242. The SMILES string of the molecule is CCOC(=O)c1ccccc1NC(=O)c1oc2c(c1C)/C(=N/NC(=O)c1ccc(Cl)c([N+](=O)[O-])c1)CCC2. The fraction of sp³-hybridized carbons (Fsp3) is 0.231. The normalized spacial score (nSPS) is 13.5. The maximum Gasteiger partial charge on any atom is 0.340 e. The van der Waals surface area contributed by atoms with Crippen LogP contribution < -0.4 is 10.7 Å². The lowest BCUT2D eigenvalue weighted by molar-refractivity contribution is -0.384. The fourth-order valence-corrected chi connectivity index (χ4v) is 4.32. The van der Waals surface area contributed by atoms with E-state index in [9.17, 15) is 24.5 Å². The van der Waals surface area contributed by atoms with Crippen LogP contribution in [0.3, 0.4) is 0 Å². The third-order valence-corrected chi connectivity index (χ3v) is 6.22. The number of hydrogen-bond acceptors (Lipinski definition) is 8. The van der Waals surface area contributed by atoms with Gasteiger partial charge in [-0.3, -0.25) is 19.7 Å².